The zero-order valence-electron chi connectivity index (χ0n) is 8.55. The van der Waals surface area contributed by atoms with Crippen LogP contribution in [0, 0.1) is 18.3 Å². The number of nitrogens with one attached hydrogen (secondary N) is 1. The first-order chi connectivity index (χ1) is 6.69. The van der Waals surface area contributed by atoms with E-state index < -0.39 is 0 Å². The standard InChI is InChI=1S/C11H14N2O/c1-3-4-5-9-6-8(2)10(7-12)11(14)13-9/h6H,3-5H2,1-2H3,(H,13,14). The molecule has 0 aliphatic rings. The minimum atomic E-state index is -0.265. The zero-order valence-corrected chi connectivity index (χ0v) is 8.55. The van der Waals surface area contributed by atoms with Crippen molar-refractivity contribution in [1.82, 2.24) is 4.98 Å². The van der Waals surface area contributed by atoms with Crippen molar-refractivity contribution in [2.45, 2.75) is 33.1 Å². The molecule has 0 atom stereocenters. The van der Waals surface area contributed by atoms with E-state index in [1.165, 1.54) is 0 Å². The molecule has 0 spiro atoms. The number of nitriles is 1. The summed E-state index contributed by atoms with van der Waals surface area (Å²) in [6.45, 7) is 3.90. The normalized spacial score (nSPS) is 9.79. The molecule has 1 aromatic rings. The van der Waals surface area contributed by atoms with E-state index in [0.29, 0.717) is 0 Å². The number of aromatic amines is 1. The van der Waals surface area contributed by atoms with Crippen LogP contribution in [0.3, 0.4) is 0 Å². The minimum absolute atomic E-state index is 0.227. The molecule has 1 rings (SSSR count). The molecule has 0 unspecified atom stereocenters. The maximum absolute atomic E-state index is 11.4. The highest BCUT2D eigenvalue weighted by atomic mass is 16.1. The van der Waals surface area contributed by atoms with Crippen molar-refractivity contribution in [1.29, 1.82) is 5.26 Å². The summed E-state index contributed by atoms with van der Waals surface area (Å²) in [6.07, 6.45) is 3.03. The van der Waals surface area contributed by atoms with Gasteiger partial charge < -0.3 is 4.98 Å². The maximum Gasteiger partial charge on any atom is 0.266 e. The molecule has 0 fully saturated rings. The maximum atomic E-state index is 11.4. The number of aryl methyl sites for hydroxylation is 2. The second kappa shape index (κ2) is 4.61. The molecule has 1 aromatic heterocycles. The predicted octanol–water partition coefficient (Wildman–Crippen LogP) is 1.90. The highest BCUT2D eigenvalue weighted by Crippen LogP contribution is 2.05. The Kier molecular flexibility index (Phi) is 3.47. The van der Waals surface area contributed by atoms with Crippen molar-refractivity contribution in [2.75, 3.05) is 0 Å². The third-order valence-electron chi connectivity index (χ3n) is 2.20. The molecule has 0 aliphatic heterocycles. The Morgan fingerprint density at radius 3 is 2.79 bits per heavy atom. The van der Waals surface area contributed by atoms with Crippen molar-refractivity contribution in [2.24, 2.45) is 0 Å². The van der Waals surface area contributed by atoms with Crippen LogP contribution in [0.1, 0.15) is 36.6 Å². The zero-order chi connectivity index (χ0) is 10.6. The third-order valence-corrected chi connectivity index (χ3v) is 2.20. The molecular weight excluding hydrogens is 176 g/mol. The SMILES string of the molecule is CCCCc1cc(C)c(C#N)c(=O)[nH]1. The summed E-state index contributed by atoms with van der Waals surface area (Å²) in [5, 5.41) is 8.70. The van der Waals surface area contributed by atoms with Crippen LogP contribution in [0.15, 0.2) is 10.9 Å². The molecule has 74 valence electrons. The van der Waals surface area contributed by atoms with E-state index in [2.05, 4.69) is 11.9 Å². The van der Waals surface area contributed by atoms with Crippen LogP contribution in [0.2, 0.25) is 0 Å². The number of H-pyrrole nitrogens is 1. The topological polar surface area (TPSA) is 56.6 Å². The van der Waals surface area contributed by atoms with E-state index in [1.54, 1.807) is 6.92 Å². The van der Waals surface area contributed by atoms with E-state index >= 15 is 0 Å². The molecule has 1 N–H and O–H groups in total. The van der Waals surface area contributed by atoms with Gasteiger partial charge in [0.2, 0.25) is 0 Å². The fraction of sp³-hybridized carbons (Fsp3) is 0.455. The highest BCUT2D eigenvalue weighted by Gasteiger charge is 2.04. The van der Waals surface area contributed by atoms with Gasteiger partial charge in [-0.15, -0.1) is 0 Å². The molecule has 0 radical (unpaired) electrons. The summed E-state index contributed by atoms with van der Waals surface area (Å²) < 4.78 is 0. The number of rotatable bonds is 3. The van der Waals surface area contributed by atoms with Crippen molar-refractivity contribution < 1.29 is 0 Å². The van der Waals surface area contributed by atoms with Crippen molar-refractivity contribution >= 4 is 0 Å². The molecular formula is C11H14N2O. The quantitative estimate of drug-likeness (QED) is 0.791. The van der Waals surface area contributed by atoms with Crippen LogP contribution >= 0.6 is 0 Å². The highest BCUT2D eigenvalue weighted by molar-refractivity contribution is 5.35. The van der Waals surface area contributed by atoms with Gasteiger partial charge in [-0.3, -0.25) is 4.79 Å². The first-order valence-corrected chi connectivity index (χ1v) is 4.82. The fourth-order valence-electron chi connectivity index (χ4n) is 1.40. The molecule has 0 bridgehead atoms. The number of nitrogens with zero attached hydrogens (tertiary/aromatic N) is 1. The molecule has 1 heterocycles. The second-order valence-electron chi connectivity index (χ2n) is 3.40. The Hall–Kier alpha value is -1.56. The molecule has 3 heteroatoms. The summed E-state index contributed by atoms with van der Waals surface area (Å²) in [5.74, 6) is 0. The van der Waals surface area contributed by atoms with Gasteiger partial charge in [-0.1, -0.05) is 13.3 Å². The Labute approximate surface area is 83.4 Å². The van der Waals surface area contributed by atoms with Gasteiger partial charge in [-0.25, -0.2) is 0 Å². The van der Waals surface area contributed by atoms with Crippen molar-refractivity contribution in [3.05, 3.63) is 33.2 Å². The van der Waals surface area contributed by atoms with E-state index in [1.807, 2.05) is 12.1 Å². The summed E-state index contributed by atoms with van der Waals surface area (Å²) in [4.78, 5) is 14.1. The van der Waals surface area contributed by atoms with Gasteiger partial charge in [0.25, 0.3) is 5.56 Å². The number of unbranched alkanes of at least 4 members (excludes halogenated alkanes) is 1. The summed E-state index contributed by atoms with van der Waals surface area (Å²) in [7, 11) is 0. The molecule has 0 saturated heterocycles. The number of hydrogen-bond donors (Lipinski definition) is 1. The predicted molar refractivity (Wildman–Crippen MR) is 55.1 cm³/mol. The van der Waals surface area contributed by atoms with Gasteiger partial charge in [0.1, 0.15) is 11.6 Å². The number of hydrogen-bond acceptors (Lipinski definition) is 2. The summed E-state index contributed by atoms with van der Waals surface area (Å²) in [5.41, 5.74) is 1.65. The lowest BCUT2D eigenvalue weighted by molar-refractivity contribution is 0.772. The van der Waals surface area contributed by atoms with Gasteiger partial charge >= 0.3 is 0 Å². The average Bonchev–Trinajstić information content (AvgIpc) is 2.14. The second-order valence-corrected chi connectivity index (χ2v) is 3.40. The lowest BCUT2D eigenvalue weighted by atomic mass is 10.1. The minimum Gasteiger partial charge on any atom is -0.325 e. The van der Waals surface area contributed by atoms with Crippen molar-refractivity contribution in [3.63, 3.8) is 0 Å². The van der Waals surface area contributed by atoms with Gasteiger partial charge in [0.05, 0.1) is 0 Å². The largest absolute Gasteiger partial charge is 0.325 e. The van der Waals surface area contributed by atoms with Gasteiger partial charge in [-0.05, 0) is 31.4 Å². The Morgan fingerprint density at radius 1 is 1.57 bits per heavy atom. The van der Waals surface area contributed by atoms with Crippen LogP contribution < -0.4 is 5.56 Å². The Balaban J connectivity index is 3.04. The monoisotopic (exact) mass is 190 g/mol. The number of pyridine rings is 1. The lowest BCUT2D eigenvalue weighted by Crippen LogP contribution is -2.14. The molecule has 0 aromatic carbocycles. The first-order valence-electron chi connectivity index (χ1n) is 4.82. The van der Waals surface area contributed by atoms with Gasteiger partial charge in [-0.2, -0.15) is 5.26 Å². The lowest BCUT2D eigenvalue weighted by Gasteiger charge is -2.02. The third kappa shape index (κ3) is 2.23. The van der Waals surface area contributed by atoms with Crippen molar-refractivity contribution in [3.8, 4) is 6.07 Å². The van der Waals surface area contributed by atoms with E-state index in [9.17, 15) is 4.79 Å². The van der Waals surface area contributed by atoms with E-state index in [4.69, 9.17) is 5.26 Å². The van der Waals surface area contributed by atoms with Crippen LogP contribution in [-0.4, -0.2) is 4.98 Å². The Bertz CT molecular complexity index is 412. The number of aromatic nitrogens is 1. The Morgan fingerprint density at radius 2 is 2.29 bits per heavy atom. The van der Waals surface area contributed by atoms with Crippen LogP contribution in [0.4, 0.5) is 0 Å². The molecule has 0 aliphatic carbocycles. The average molecular weight is 190 g/mol. The molecule has 3 nitrogen and oxygen atoms in total. The smallest absolute Gasteiger partial charge is 0.266 e. The van der Waals surface area contributed by atoms with Gasteiger partial charge in [0.15, 0.2) is 0 Å². The molecule has 0 amide bonds. The molecule has 0 saturated carbocycles. The van der Waals surface area contributed by atoms with Crippen LogP contribution in [0.5, 0.6) is 0 Å². The van der Waals surface area contributed by atoms with Crippen LogP contribution in [0.25, 0.3) is 0 Å². The summed E-state index contributed by atoms with van der Waals surface area (Å²) >= 11 is 0. The first kappa shape index (κ1) is 10.5. The van der Waals surface area contributed by atoms with Gasteiger partial charge in [0, 0.05) is 5.69 Å². The van der Waals surface area contributed by atoms with E-state index in [-0.39, 0.29) is 11.1 Å². The van der Waals surface area contributed by atoms with E-state index in [0.717, 1.165) is 30.5 Å². The molecule has 14 heavy (non-hydrogen) atoms. The van der Waals surface area contributed by atoms with Crippen LogP contribution in [-0.2, 0) is 6.42 Å². The summed E-state index contributed by atoms with van der Waals surface area (Å²) in [6, 6.07) is 3.79. The fourth-order valence-corrected chi connectivity index (χ4v) is 1.40.